The first-order chi connectivity index (χ1) is 15.2. The number of anilines is 1. The van der Waals surface area contributed by atoms with Crippen molar-refractivity contribution in [1.82, 2.24) is 20.9 Å². The summed E-state index contributed by atoms with van der Waals surface area (Å²) in [6.45, 7) is 5.05. The van der Waals surface area contributed by atoms with Crippen molar-refractivity contribution in [2.24, 2.45) is 4.99 Å². The molecule has 1 amide bonds. The first-order valence-electron chi connectivity index (χ1n) is 10.8. The lowest BCUT2D eigenvalue weighted by Gasteiger charge is -2.33. The van der Waals surface area contributed by atoms with Gasteiger partial charge < -0.3 is 25.6 Å². The number of aromatic nitrogens is 1. The van der Waals surface area contributed by atoms with Gasteiger partial charge in [0.25, 0.3) is 5.91 Å². The van der Waals surface area contributed by atoms with Crippen LogP contribution in [0, 0.1) is 0 Å². The number of amides is 1. The van der Waals surface area contributed by atoms with Gasteiger partial charge in [-0.05, 0) is 49.6 Å². The minimum absolute atomic E-state index is 0.0190. The van der Waals surface area contributed by atoms with Gasteiger partial charge in [-0.15, -0.1) is 0 Å². The number of rotatable bonds is 8. The van der Waals surface area contributed by atoms with Crippen LogP contribution in [0.1, 0.15) is 25.3 Å². The van der Waals surface area contributed by atoms with E-state index in [2.05, 4.69) is 36.9 Å². The molecule has 8 nitrogen and oxygen atoms in total. The van der Waals surface area contributed by atoms with Crippen LogP contribution in [0.15, 0.2) is 53.7 Å². The molecule has 2 heterocycles. The fourth-order valence-electron chi connectivity index (χ4n) is 3.51. The van der Waals surface area contributed by atoms with Gasteiger partial charge in [-0.25, -0.2) is 4.98 Å². The van der Waals surface area contributed by atoms with Gasteiger partial charge in [-0.1, -0.05) is 18.2 Å². The summed E-state index contributed by atoms with van der Waals surface area (Å²) in [5, 5.41) is 9.61. The Morgan fingerprint density at radius 1 is 1.19 bits per heavy atom. The highest BCUT2D eigenvalue weighted by molar-refractivity contribution is 5.80. The standard InChI is InChI=1S/C23H32N6O2/c1-3-25-22(30)17-31-20-8-6-7-18(15-20)16-27-23(24-2)28-19-10-13-29(14-11-19)21-9-4-5-12-26-21/h4-9,12,15,19H,3,10-11,13-14,16-17H2,1-2H3,(H,25,30)(H2,24,27,28). The molecule has 3 N–H and O–H groups in total. The zero-order chi connectivity index (χ0) is 21.9. The fourth-order valence-corrected chi connectivity index (χ4v) is 3.51. The van der Waals surface area contributed by atoms with Gasteiger partial charge in [0.2, 0.25) is 0 Å². The number of ether oxygens (including phenoxy) is 1. The average molecular weight is 425 g/mol. The zero-order valence-corrected chi connectivity index (χ0v) is 18.3. The number of nitrogens with one attached hydrogen (secondary N) is 3. The summed E-state index contributed by atoms with van der Waals surface area (Å²) in [7, 11) is 1.78. The lowest BCUT2D eigenvalue weighted by molar-refractivity contribution is -0.122. The molecule has 3 rings (SSSR count). The molecule has 1 saturated heterocycles. The van der Waals surface area contributed by atoms with Crippen molar-refractivity contribution in [3.8, 4) is 5.75 Å². The lowest BCUT2D eigenvalue weighted by Crippen LogP contribution is -2.48. The maximum absolute atomic E-state index is 11.6. The Morgan fingerprint density at radius 3 is 2.74 bits per heavy atom. The molecule has 0 aliphatic carbocycles. The van der Waals surface area contributed by atoms with Crippen LogP contribution in [0.5, 0.6) is 5.75 Å². The van der Waals surface area contributed by atoms with Gasteiger partial charge in [0.05, 0.1) is 0 Å². The molecule has 31 heavy (non-hydrogen) atoms. The third-order valence-electron chi connectivity index (χ3n) is 5.13. The molecule has 2 aromatic rings. The number of carbonyl (C=O) groups excluding carboxylic acids is 1. The topological polar surface area (TPSA) is 90.9 Å². The van der Waals surface area contributed by atoms with Crippen molar-refractivity contribution in [3.05, 3.63) is 54.2 Å². The highest BCUT2D eigenvalue weighted by Crippen LogP contribution is 2.17. The lowest BCUT2D eigenvalue weighted by atomic mass is 10.1. The molecule has 8 heteroatoms. The van der Waals surface area contributed by atoms with Gasteiger partial charge >= 0.3 is 0 Å². The van der Waals surface area contributed by atoms with E-state index in [1.807, 2.05) is 49.5 Å². The second kappa shape index (κ2) is 11.8. The van der Waals surface area contributed by atoms with Gasteiger partial charge in [0.15, 0.2) is 12.6 Å². The van der Waals surface area contributed by atoms with Crippen molar-refractivity contribution in [2.45, 2.75) is 32.4 Å². The Balaban J connectivity index is 1.44. The van der Waals surface area contributed by atoms with Crippen LogP contribution < -0.4 is 25.6 Å². The van der Waals surface area contributed by atoms with E-state index < -0.39 is 0 Å². The SMILES string of the molecule is CCNC(=O)COc1cccc(CNC(=NC)NC2CCN(c3ccccn3)CC2)c1. The molecular formula is C23H32N6O2. The van der Waals surface area contributed by atoms with E-state index in [0.29, 0.717) is 24.9 Å². The van der Waals surface area contributed by atoms with Crippen molar-refractivity contribution in [1.29, 1.82) is 0 Å². The third-order valence-corrected chi connectivity index (χ3v) is 5.13. The molecule has 1 aromatic carbocycles. The Kier molecular flexibility index (Phi) is 8.51. The minimum Gasteiger partial charge on any atom is -0.484 e. The van der Waals surface area contributed by atoms with Crippen LogP contribution in [0.4, 0.5) is 5.82 Å². The van der Waals surface area contributed by atoms with Crippen LogP contribution in [-0.4, -0.2) is 56.2 Å². The van der Waals surface area contributed by atoms with Gasteiger partial charge in [-0.3, -0.25) is 9.79 Å². The highest BCUT2D eigenvalue weighted by atomic mass is 16.5. The first-order valence-corrected chi connectivity index (χ1v) is 10.8. The van der Waals surface area contributed by atoms with Gasteiger partial charge in [-0.2, -0.15) is 0 Å². The van der Waals surface area contributed by atoms with Crippen molar-refractivity contribution in [3.63, 3.8) is 0 Å². The Labute approximate surface area is 184 Å². The van der Waals surface area contributed by atoms with Gasteiger partial charge in [0.1, 0.15) is 11.6 Å². The van der Waals surface area contributed by atoms with Crippen molar-refractivity contribution >= 4 is 17.7 Å². The summed E-state index contributed by atoms with van der Waals surface area (Å²) in [6.07, 6.45) is 3.90. The summed E-state index contributed by atoms with van der Waals surface area (Å²) in [6, 6.07) is 14.1. The molecule has 0 atom stereocenters. The van der Waals surface area contributed by atoms with E-state index in [-0.39, 0.29) is 12.5 Å². The number of likely N-dealkylation sites (N-methyl/N-ethyl adjacent to an activating group) is 1. The average Bonchev–Trinajstić information content (AvgIpc) is 2.82. The Hall–Kier alpha value is -3.29. The molecule has 0 unspecified atom stereocenters. The molecule has 0 spiro atoms. The summed E-state index contributed by atoms with van der Waals surface area (Å²) in [5.41, 5.74) is 1.06. The highest BCUT2D eigenvalue weighted by Gasteiger charge is 2.20. The molecule has 0 radical (unpaired) electrons. The number of pyridine rings is 1. The number of aliphatic imine (C=N–C) groups is 1. The Morgan fingerprint density at radius 2 is 2.03 bits per heavy atom. The van der Waals surface area contributed by atoms with Crippen LogP contribution in [-0.2, 0) is 11.3 Å². The third kappa shape index (κ3) is 7.16. The molecule has 1 fully saturated rings. The minimum atomic E-state index is -0.121. The first kappa shape index (κ1) is 22.4. The van der Waals surface area contributed by atoms with Gasteiger partial charge in [0, 0.05) is 45.5 Å². The molecular weight excluding hydrogens is 392 g/mol. The van der Waals surface area contributed by atoms with Crippen LogP contribution in [0.2, 0.25) is 0 Å². The predicted molar refractivity (Wildman–Crippen MR) is 123 cm³/mol. The number of nitrogens with zero attached hydrogens (tertiary/aromatic N) is 3. The normalized spacial score (nSPS) is 14.8. The van der Waals surface area contributed by atoms with Crippen LogP contribution >= 0.6 is 0 Å². The summed E-state index contributed by atoms with van der Waals surface area (Å²) in [5.74, 6) is 2.38. The molecule has 1 aliphatic rings. The predicted octanol–water partition coefficient (Wildman–Crippen LogP) is 1.93. The van der Waals surface area contributed by atoms with Crippen LogP contribution in [0.25, 0.3) is 0 Å². The van der Waals surface area contributed by atoms with E-state index in [9.17, 15) is 4.79 Å². The van der Waals surface area contributed by atoms with E-state index in [1.165, 1.54) is 0 Å². The number of benzene rings is 1. The second-order valence-corrected chi connectivity index (χ2v) is 7.41. The Bertz CT molecular complexity index is 850. The van der Waals surface area contributed by atoms with Crippen molar-refractivity contribution < 1.29 is 9.53 Å². The quantitative estimate of drug-likeness (QED) is 0.443. The molecule has 1 aromatic heterocycles. The van der Waals surface area contributed by atoms with E-state index in [0.717, 1.165) is 43.3 Å². The van der Waals surface area contributed by atoms with E-state index >= 15 is 0 Å². The number of hydrogen-bond donors (Lipinski definition) is 3. The maximum atomic E-state index is 11.6. The van der Waals surface area contributed by atoms with Crippen LogP contribution in [0.3, 0.4) is 0 Å². The molecule has 166 valence electrons. The summed E-state index contributed by atoms with van der Waals surface area (Å²) >= 11 is 0. The smallest absolute Gasteiger partial charge is 0.257 e. The largest absolute Gasteiger partial charge is 0.484 e. The number of hydrogen-bond acceptors (Lipinski definition) is 5. The zero-order valence-electron chi connectivity index (χ0n) is 18.3. The van der Waals surface area contributed by atoms with E-state index in [4.69, 9.17) is 4.74 Å². The molecule has 1 aliphatic heterocycles. The van der Waals surface area contributed by atoms with E-state index in [1.54, 1.807) is 7.05 Å². The summed E-state index contributed by atoms with van der Waals surface area (Å²) in [4.78, 5) is 22.7. The summed E-state index contributed by atoms with van der Waals surface area (Å²) < 4.78 is 5.57. The van der Waals surface area contributed by atoms with Crippen molar-refractivity contribution in [2.75, 3.05) is 38.2 Å². The molecule has 0 bridgehead atoms. The number of guanidine groups is 1. The monoisotopic (exact) mass is 424 g/mol. The molecule has 0 saturated carbocycles. The maximum Gasteiger partial charge on any atom is 0.257 e. The fraction of sp³-hybridized carbons (Fsp3) is 0.435. The number of piperidine rings is 1. The second-order valence-electron chi connectivity index (χ2n) is 7.41. The number of carbonyl (C=O) groups is 1.